The molecule has 0 aliphatic rings. The van der Waals surface area contributed by atoms with Crippen molar-refractivity contribution >= 4 is 0 Å². The van der Waals surface area contributed by atoms with E-state index in [0.717, 1.165) is 5.70 Å². The van der Waals surface area contributed by atoms with Gasteiger partial charge in [-0.2, -0.15) is 0 Å². The van der Waals surface area contributed by atoms with E-state index in [9.17, 15) is 0 Å². The zero-order valence-electron chi connectivity index (χ0n) is 7.13. The molecular weight excluding hydrogens is 138 g/mol. The Morgan fingerprint density at radius 1 is 1.64 bits per heavy atom. The van der Waals surface area contributed by atoms with E-state index in [1.807, 2.05) is 26.0 Å². The topological polar surface area (TPSA) is 21.3 Å². The number of hydrogen-bond acceptors (Lipinski definition) is 2. The van der Waals surface area contributed by atoms with Crippen LogP contribution in [0.1, 0.15) is 13.8 Å². The van der Waals surface area contributed by atoms with E-state index in [1.165, 1.54) is 0 Å². The average Bonchev–Trinajstić information content (AvgIpc) is 1.99. The maximum absolute atomic E-state index is 4.98. The Hall–Kier alpha value is -1.18. The van der Waals surface area contributed by atoms with Crippen molar-refractivity contribution < 1.29 is 4.74 Å². The summed E-state index contributed by atoms with van der Waals surface area (Å²) in [4.78, 5) is 0. The van der Waals surface area contributed by atoms with Crippen molar-refractivity contribution in [3.8, 4) is 0 Å². The zero-order valence-corrected chi connectivity index (χ0v) is 7.13. The van der Waals surface area contributed by atoms with Crippen LogP contribution in [0.15, 0.2) is 36.9 Å². The smallest absolute Gasteiger partial charge is 0.0845 e. The van der Waals surface area contributed by atoms with E-state index >= 15 is 0 Å². The quantitative estimate of drug-likeness (QED) is 0.483. The third-order valence-electron chi connectivity index (χ3n) is 1.02. The van der Waals surface area contributed by atoms with Gasteiger partial charge in [0.1, 0.15) is 0 Å². The summed E-state index contributed by atoms with van der Waals surface area (Å²) in [6.07, 6.45) is 7.06. The molecule has 0 aromatic rings. The molecule has 0 bridgehead atoms. The number of rotatable bonds is 5. The van der Waals surface area contributed by atoms with E-state index in [-0.39, 0.29) is 0 Å². The monoisotopic (exact) mass is 153 g/mol. The normalized spacial score (nSPS) is 11.6. The second kappa shape index (κ2) is 6.93. The molecule has 0 spiro atoms. The first-order valence-electron chi connectivity index (χ1n) is 3.63. The molecule has 0 fully saturated rings. The van der Waals surface area contributed by atoms with Gasteiger partial charge in [-0.3, -0.25) is 0 Å². The number of allylic oxidation sites excluding steroid dienone is 3. The van der Waals surface area contributed by atoms with Gasteiger partial charge in [0.2, 0.25) is 0 Å². The highest BCUT2D eigenvalue weighted by atomic mass is 16.5. The third-order valence-corrected chi connectivity index (χ3v) is 1.02. The maximum Gasteiger partial charge on any atom is 0.0845 e. The zero-order chi connectivity index (χ0) is 8.53. The van der Waals surface area contributed by atoms with Gasteiger partial charge in [0.25, 0.3) is 0 Å². The average molecular weight is 153 g/mol. The lowest BCUT2D eigenvalue weighted by Crippen LogP contribution is -1.98. The lowest BCUT2D eigenvalue weighted by molar-refractivity contribution is 0.269. The molecule has 0 aliphatic heterocycles. The van der Waals surface area contributed by atoms with Crippen molar-refractivity contribution in [2.45, 2.75) is 13.8 Å². The fraction of sp³-hybridized carbons (Fsp3) is 0.333. The molecule has 0 saturated carbocycles. The van der Waals surface area contributed by atoms with Crippen LogP contribution in [0.2, 0.25) is 0 Å². The molecule has 2 nitrogen and oxygen atoms in total. The summed E-state index contributed by atoms with van der Waals surface area (Å²) >= 11 is 0. The molecular formula is C9H15NO. The summed E-state index contributed by atoms with van der Waals surface area (Å²) in [5.74, 6) is 0. The van der Waals surface area contributed by atoms with Gasteiger partial charge in [-0.1, -0.05) is 6.58 Å². The molecule has 0 unspecified atom stereocenters. The molecule has 0 atom stereocenters. The van der Waals surface area contributed by atoms with Crippen molar-refractivity contribution in [1.29, 1.82) is 0 Å². The van der Waals surface area contributed by atoms with Crippen molar-refractivity contribution in [2.75, 3.05) is 6.61 Å². The predicted octanol–water partition coefficient (Wildman–Crippen LogP) is 2.17. The van der Waals surface area contributed by atoms with Crippen LogP contribution in [0.3, 0.4) is 0 Å². The van der Waals surface area contributed by atoms with Gasteiger partial charge < -0.3 is 10.1 Å². The predicted molar refractivity (Wildman–Crippen MR) is 47.9 cm³/mol. The summed E-state index contributed by atoms with van der Waals surface area (Å²) < 4.78 is 4.98. The minimum Gasteiger partial charge on any atom is -0.501 e. The number of nitrogens with one attached hydrogen (secondary N) is 1. The minimum atomic E-state index is 0.707. The Morgan fingerprint density at radius 3 is 2.91 bits per heavy atom. The molecule has 0 saturated heterocycles. The van der Waals surface area contributed by atoms with E-state index in [2.05, 4.69) is 11.9 Å². The molecule has 0 radical (unpaired) electrons. The van der Waals surface area contributed by atoms with Crippen LogP contribution in [0.5, 0.6) is 0 Å². The van der Waals surface area contributed by atoms with Gasteiger partial charge in [-0.15, -0.1) is 0 Å². The third kappa shape index (κ3) is 6.71. The molecule has 2 heteroatoms. The maximum atomic E-state index is 4.98. The van der Waals surface area contributed by atoms with E-state index < -0.39 is 0 Å². The van der Waals surface area contributed by atoms with Crippen molar-refractivity contribution in [3.63, 3.8) is 0 Å². The van der Waals surface area contributed by atoms with E-state index in [1.54, 1.807) is 12.5 Å². The Labute approximate surface area is 68.3 Å². The van der Waals surface area contributed by atoms with Crippen LogP contribution in [0.4, 0.5) is 0 Å². The van der Waals surface area contributed by atoms with Gasteiger partial charge >= 0.3 is 0 Å². The van der Waals surface area contributed by atoms with Gasteiger partial charge in [-0.25, -0.2) is 0 Å². The minimum absolute atomic E-state index is 0.707. The highest BCUT2D eigenvalue weighted by Gasteiger charge is 1.76. The standard InChI is InChI=1S/C9H15NO/c1-4-10-9(3)7-6-8-11-5-2/h4,6-8,10H,1,5H2,2-3H3/b8-6-,9-7+. The molecule has 1 N–H and O–H groups in total. The van der Waals surface area contributed by atoms with Crippen molar-refractivity contribution in [2.24, 2.45) is 0 Å². The highest BCUT2D eigenvalue weighted by molar-refractivity contribution is 5.08. The van der Waals surface area contributed by atoms with Crippen molar-refractivity contribution in [3.05, 3.63) is 36.9 Å². The fourth-order valence-corrected chi connectivity index (χ4v) is 0.545. The highest BCUT2D eigenvalue weighted by Crippen LogP contribution is 1.87. The van der Waals surface area contributed by atoms with Gasteiger partial charge in [-0.05, 0) is 32.2 Å². The first kappa shape index (κ1) is 9.82. The van der Waals surface area contributed by atoms with Crippen LogP contribution in [-0.2, 0) is 4.74 Å². The van der Waals surface area contributed by atoms with Crippen molar-refractivity contribution in [1.82, 2.24) is 5.32 Å². The summed E-state index contributed by atoms with van der Waals surface area (Å²) in [6, 6.07) is 0. The lowest BCUT2D eigenvalue weighted by Gasteiger charge is -1.95. The van der Waals surface area contributed by atoms with Crippen LogP contribution in [0.25, 0.3) is 0 Å². The van der Waals surface area contributed by atoms with E-state index in [0.29, 0.717) is 6.61 Å². The van der Waals surface area contributed by atoms with Gasteiger partial charge in [0, 0.05) is 5.70 Å². The molecule has 0 amide bonds. The second-order valence-corrected chi connectivity index (χ2v) is 1.98. The van der Waals surface area contributed by atoms with Crippen LogP contribution < -0.4 is 5.32 Å². The molecule has 0 aromatic carbocycles. The summed E-state index contributed by atoms with van der Waals surface area (Å²) in [5, 5.41) is 2.94. The lowest BCUT2D eigenvalue weighted by atomic mass is 10.4. The first-order valence-corrected chi connectivity index (χ1v) is 3.63. The molecule has 0 aromatic heterocycles. The van der Waals surface area contributed by atoms with Crippen LogP contribution in [-0.4, -0.2) is 6.61 Å². The molecule has 11 heavy (non-hydrogen) atoms. The fourth-order valence-electron chi connectivity index (χ4n) is 0.545. The first-order chi connectivity index (χ1) is 5.31. The van der Waals surface area contributed by atoms with Crippen LogP contribution in [0, 0.1) is 0 Å². The summed E-state index contributed by atoms with van der Waals surface area (Å²) in [7, 11) is 0. The Morgan fingerprint density at radius 2 is 2.36 bits per heavy atom. The Balaban J connectivity index is 3.61. The van der Waals surface area contributed by atoms with E-state index in [4.69, 9.17) is 4.74 Å². The molecule has 62 valence electrons. The van der Waals surface area contributed by atoms with Gasteiger partial charge in [0.15, 0.2) is 0 Å². The molecule has 0 aliphatic carbocycles. The molecule has 0 rings (SSSR count). The Bertz CT molecular complexity index is 159. The Kier molecular flexibility index (Phi) is 6.19. The van der Waals surface area contributed by atoms with Crippen LogP contribution >= 0.6 is 0 Å². The summed E-state index contributed by atoms with van der Waals surface area (Å²) in [6.45, 7) is 8.15. The van der Waals surface area contributed by atoms with Gasteiger partial charge in [0.05, 0.1) is 12.9 Å². The number of hydrogen-bond donors (Lipinski definition) is 1. The SMILES string of the molecule is C=CN/C(C)=C/C=C\OCC. The largest absolute Gasteiger partial charge is 0.501 e. The number of ether oxygens (including phenoxy) is 1. The molecule has 0 heterocycles. The second-order valence-electron chi connectivity index (χ2n) is 1.98. The summed E-state index contributed by atoms with van der Waals surface area (Å²) in [5.41, 5.74) is 1.04.